The molecule has 3 N–H and O–H groups in total. The van der Waals surface area contributed by atoms with Crippen LogP contribution >= 0.6 is 0 Å². The molecule has 29 heavy (non-hydrogen) atoms. The Balaban J connectivity index is 1.66. The molecule has 1 heterocycles. The monoisotopic (exact) mass is 383 g/mol. The highest BCUT2D eigenvalue weighted by Crippen LogP contribution is 2.28. The Morgan fingerprint density at radius 2 is 1.41 bits per heavy atom. The molecule has 0 spiro atoms. The third-order valence-electron chi connectivity index (χ3n) is 4.16. The fourth-order valence-electron chi connectivity index (χ4n) is 2.76. The number of benzene rings is 3. The summed E-state index contributed by atoms with van der Waals surface area (Å²) >= 11 is 0. The van der Waals surface area contributed by atoms with Crippen molar-refractivity contribution in [2.75, 3.05) is 5.43 Å². The molecule has 0 amide bonds. The summed E-state index contributed by atoms with van der Waals surface area (Å²) in [6.45, 7) is 0. The number of nitrogens with zero attached hydrogens (tertiary/aromatic N) is 4. The Hall–Kier alpha value is -4.26. The van der Waals surface area contributed by atoms with Gasteiger partial charge in [0.2, 0.25) is 0 Å². The van der Waals surface area contributed by atoms with Gasteiger partial charge in [0, 0.05) is 22.8 Å². The topological polar surface area (TPSA) is 104 Å². The van der Waals surface area contributed by atoms with Crippen molar-refractivity contribution in [1.29, 1.82) is 0 Å². The van der Waals surface area contributed by atoms with E-state index in [9.17, 15) is 10.2 Å². The van der Waals surface area contributed by atoms with Crippen LogP contribution in [0.1, 0.15) is 5.56 Å². The van der Waals surface area contributed by atoms with E-state index in [1.807, 2.05) is 60.7 Å². The van der Waals surface area contributed by atoms with E-state index in [0.717, 1.165) is 11.1 Å². The van der Waals surface area contributed by atoms with E-state index in [0.29, 0.717) is 17.0 Å². The fourth-order valence-corrected chi connectivity index (χ4v) is 2.76. The molecule has 4 aromatic rings. The number of hydrogen-bond acceptors (Lipinski definition) is 7. The molecule has 1 aromatic heterocycles. The predicted octanol–water partition coefficient (Wildman–Crippen LogP) is 4.06. The van der Waals surface area contributed by atoms with Crippen LogP contribution in [-0.4, -0.2) is 31.6 Å². The molecule has 0 bridgehead atoms. The normalized spacial score (nSPS) is 10.9. The minimum atomic E-state index is -0.0843. The number of anilines is 1. The highest BCUT2D eigenvalue weighted by molar-refractivity contribution is 5.84. The zero-order valence-corrected chi connectivity index (χ0v) is 15.3. The average molecular weight is 383 g/mol. The molecule has 4 rings (SSSR count). The van der Waals surface area contributed by atoms with Gasteiger partial charge in [-0.15, -0.1) is 10.2 Å². The Labute approximate surface area is 167 Å². The quantitative estimate of drug-likeness (QED) is 0.355. The van der Waals surface area contributed by atoms with Crippen LogP contribution in [0.4, 0.5) is 5.95 Å². The molecule has 0 atom stereocenters. The molecule has 7 heteroatoms. The molecule has 7 nitrogen and oxygen atoms in total. The summed E-state index contributed by atoms with van der Waals surface area (Å²) < 4.78 is 0. The van der Waals surface area contributed by atoms with Crippen molar-refractivity contribution in [2.45, 2.75) is 0 Å². The van der Waals surface area contributed by atoms with Gasteiger partial charge in [0.05, 0.1) is 6.21 Å². The number of phenols is 2. The van der Waals surface area contributed by atoms with Crippen LogP contribution in [-0.2, 0) is 0 Å². The van der Waals surface area contributed by atoms with Crippen molar-refractivity contribution >= 4 is 12.2 Å². The van der Waals surface area contributed by atoms with Gasteiger partial charge in [0.15, 0.2) is 0 Å². The molecule has 0 fully saturated rings. The number of rotatable bonds is 5. The molecule has 0 aliphatic carbocycles. The number of phenolic OH excluding ortho intramolecular Hbond substituents is 2. The molecule has 0 unspecified atom stereocenters. The summed E-state index contributed by atoms with van der Waals surface area (Å²) in [5.74, 6) is 0.112. The lowest BCUT2D eigenvalue weighted by molar-refractivity contribution is 0.450. The van der Waals surface area contributed by atoms with Gasteiger partial charge in [0.1, 0.15) is 22.9 Å². The maximum Gasteiger partial charge on any atom is 0.263 e. The number of aromatic hydroxyl groups is 2. The second-order valence-electron chi connectivity index (χ2n) is 6.18. The van der Waals surface area contributed by atoms with Crippen molar-refractivity contribution in [3.05, 3.63) is 84.4 Å². The van der Waals surface area contributed by atoms with Crippen molar-refractivity contribution in [3.8, 4) is 34.0 Å². The van der Waals surface area contributed by atoms with Gasteiger partial charge in [-0.3, -0.25) is 0 Å². The molecule has 142 valence electrons. The van der Waals surface area contributed by atoms with Crippen molar-refractivity contribution in [2.24, 2.45) is 5.10 Å². The third-order valence-corrected chi connectivity index (χ3v) is 4.16. The van der Waals surface area contributed by atoms with Crippen LogP contribution < -0.4 is 5.43 Å². The highest BCUT2D eigenvalue weighted by Gasteiger charge is 2.13. The van der Waals surface area contributed by atoms with Crippen LogP contribution in [0, 0.1) is 0 Å². The van der Waals surface area contributed by atoms with Gasteiger partial charge < -0.3 is 10.2 Å². The lowest BCUT2D eigenvalue weighted by Crippen LogP contribution is -2.03. The van der Waals surface area contributed by atoms with Gasteiger partial charge in [-0.2, -0.15) is 5.10 Å². The molecule has 0 aliphatic rings. The third kappa shape index (κ3) is 4.19. The molecule has 0 saturated heterocycles. The van der Waals surface area contributed by atoms with E-state index in [1.54, 1.807) is 6.07 Å². The first-order chi connectivity index (χ1) is 14.2. The second kappa shape index (κ2) is 8.18. The van der Waals surface area contributed by atoms with Crippen molar-refractivity contribution in [3.63, 3.8) is 0 Å². The van der Waals surface area contributed by atoms with Gasteiger partial charge in [-0.25, -0.2) is 10.4 Å². The molecule has 0 saturated carbocycles. The summed E-state index contributed by atoms with van der Waals surface area (Å²) in [4.78, 5) is 4.59. The van der Waals surface area contributed by atoms with Gasteiger partial charge in [0.25, 0.3) is 5.95 Å². The molecular formula is C22H17N5O2. The minimum Gasteiger partial charge on any atom is -0.508 e. The summed E-state index contributed by atoms with van der Waals surface area (Å²) in [5, 5.41) is 31.7. The lowest BCUT2D eigenvalue weighted by Gasteiger charge is -2.09. The largest absolute Gasteiger partial charge is 0.508 e. The summed E-state index contributed by atoms with van der Waals surface area (Å²) in [7, 11) is 0. The van der Waals surface area contributed by atoms with E-state index < -0.39 is 0 Å². The number of nitrogens with one attached hydrogen (secondary N) is 1. The predicted molar refractivity (Wildman–Crippen MR) is 112 cm³/mol. The Bertz CT molecular complexity index is 1150. The van der Waals surface area contributed by atoms with E-state index >= 15 is 0 Å². The number of hydrazone groups is 1. The molecule has 0 radical (unpaired) electrons. The number of aromatic nitrogens is 3. The van der Waals surface area contributed by atoms with Crippen molar-refractivity contribution in [1.82, 2.24) is 15.2 Å². The minimum absolute atomic E-state index is 0.0239. The van der Waals surface area contributed by atoms with Crippen LogP contribution in [0.15, 0.2) is 84.0 Å². The molecular weight excluding hydrogens is 366 g/mol. The van der Waals surface area contributed by atoms with Gasteiger partial charge in [-0.1, -0.05) is 60.7 Å². The lowest BCUT2D eigenvalue weighted by atomic mass is 10.0. The SMILES string of the molecule is Oc1ccc(/C=N\Nc2nnc(-c3ccccc3)c(-c3ccccc3)n2)c(O)c1. The smallest absolute Gasteiger partial charge is 0.263 e. The maximum atomic E-state index is 9.82. The fraction of sp³-hybridized carbons (Fsp3) is 0. The first kappa shape index (κ1) is 18.1. The van der Waals surface area contributed by atoms with Crippen molar-refractivity contribution < 1.29 is 10.2 Å². The summed E-state index contributed by atoms with van der Waals surface area (Å²) in [6, 6.07) is 23.7. The Kier molecular flexibility index (Phi) is 5.11. The molecule has 3 aromatic carbocycles. The first-order valence-electron chi connectivity index (χ1n) is 8.87. The second-order valence-corrected chi connectivity index (χ2v) is 6.18. The summed E-state index contributed by atoms with van der Waals surface area (Å²) in [5.41, 5.74) is 6.34. The zero-order valence-electron chi connectivity index (χ0n) is 15.3. The maximum absolute atomic E-state index is 9.82. The van der Waals surface area contributed by atoms with Gasteiger partial charge >= 0.3 is 0 Å². The Morgan fingerprint density at radius 3 is 2.07 bits per heavy atom. The number of hydrogen-bond donors (Lipinski definition) is 3. The van der Waals surface area contributed by atoms with Gasteiger partial charge in [-0.05, 0) is 12.1 Å². The van der Waals surface area contributed by atoms with E-state index in [4.69, 9.17) is 0 Å². The Morgan fingerprint density at radius 1 is 0.759 bits per heavy atom. The first-order valence-corrected chi connectivity index (χ1v) is 8.87. The van der Waals surface area contributed by atoms with Crippen LogP contribution in [0.2, 0.25) is 0 Å². The zero-order chi connectivity index (χ0) is 20.1. The standard InChI is InChI=1S/C22H17N5O2/c28-18-12-11-17(19(29)13-18)14-23-26-22-24-20(15-7-3-1-4-8-15)21(25-27-22)16-9-5-2-6-10-16/h1-14,28-29H,(H,24,26,27)/b23-14-. The van der Waals surface area contributed by atoms with Crippen LogP contribution in [0.5, 0.6) is 11.5 Å². The van der Waals surface area contributed by atoms with Crippen LogP contribution in [0.3, 0.4) is 0 Å². The van der Waals surface area contributed by atoms with E-state index in [-0.39, 0.29) is 17.4 Å². The molecule has 0 aliphatic heterocycles. The van der Waals surface area contributed by atoms with E-state index in [1.165, 1.54) is 18.3 Å². The summed E-state index contributed by atoms with van der Waals surface area (Å²) in [6.07, 6.45) is 1.41. The average Bonchev–Trinajstić information content (AvgIpc) is 2.76. The van der Waals surface area contributed by atoms with E-state index in [2.05, 4.69) is 25.7 Å². The van der Waals surface area contributed by atoms with Crippen LogP contribution in [0.25, 0.3) is 22.5 Å². The highest BCUT2D eigenvalue weighted by atomic mass is 16.3.